The van der Waals surface area contributed by atoms with Gasteiger partial charge in [-0.1, -0.05) is 6.07 Å². The van der Waals surface area contributed by atoms with Crippen LogP contribution in [0.5, 0.6) is 0 Å². The number of anilines is 1. The predicted molar refractivity (Wildman–Crippen MR) is 105 cm³/mol. The van der Waals surface area contributed by atoms with Gasteiger partial charge in [0.05, 0.1) is 16.9 Å². The first-order chi connectivity index (χ1) is 13.7. The van der Waals surface area contributed by atoms with E-state index in [0.29, 0.717) is 11.4 Å². The van der Waals surface area contributed by atoms with Crippen LogP contribution in [0.25, 0.3) is 16.6 Å². The zero-order chi connectivity index (χ0) is 19.1. The lowest BCUT2D eigenvalue weighted by Crippen LogP contribution is -2.15. The van der Waals surface area contributed by atoms with Crippen molar-refractivity contribution in [3.63, 3.8) is 0 Å². The highest BCUT2D eigenvalue weighted by Crippen LogP contribution is 2.29. The lowest BCUT2D eigenvalue weighted by Gasteiger charge is -2.08. The van der Waals surface area contributed by atoms with Crippen LogP contribution >= 0.6 is 0 Å². The number of nitrogens with one attached hydrogen (secondary N) is 1. The van der Waals surface area contributed by atoms with E-state index < -0.39 is 0 Å². The summed E-state index contributed by atoms with van der Waals surface area (Å²) in [4.78, 5) is 17.4. The highest BCUT2D eigenvalue weighted by atomic mass is 19.1. The molecule has 0 saturated heterocycles. The van der Waals surface area contributed by atoms with E-state index in [1.54, 1.807) is 23.0 Å². The van der Waals surface area contributed by atoms with Crippen LogP contribution in [0.15, 0.2) is 60.8 Å². The zero-order valence-electron chi connectivity index (χ0n) is 15.0. The summed E-state index contributed by atoms with van der Waals surface area (Å²) < 4.78 is 15.0. The summed E-state index contributed by atoms with van der Waals surface area (Å²) >= 11 is 0. The fraction of sp³-hybridized carbons (Fsp3) is 0.136. The van der Waals surface area contributed by atoms with Gasteiger partial charge in [0.15, 0.2) is 5.69 Å². The number of halogens is 1. The average Bonchev–Trinajstić information content (AvgIpc) is 3.32. The minimum absolute atomic E-state index is 0.240. The number of rotatable bonds is 3. The fourth-order valence-electron chi connectivity index (χ4n) is 3.81. The molecule has 0 unspecified atom stereocenters. The molecule has 5 rings (SSSR count). The number of carbonyl (C=O) groups excluding carboxylic acids is 1. The van der Waals surface area contributed by atoms with Gasteiger partial charge in [0, 0.05) is 22.8 Å². The van der Waals surface area contributed by atoms with Gasteiger partial charge in [-0.3, -0.25) is 9.78 Å². The summed E-state index contributed by atoms with van der Waals surface area (Å²) in [5.74, 6) is -0.537. The van der Waals surface area contributed by atoms with E-state index >= 15 is 0 Å². The lowest BCUT2D eigenvalue weighted by atomic mass is 10.1. The molecule has 1 aliphatic rings. The number of benzene rings is 2. The molecule has 1 amide bonds. The minimum atomic E-state index is -0.296. The molecule has 0 radical (unpaired) electrons. The van der Waals surface area contributed by atoms with E-state index in [-0.39, 0.29) is 11.7 Å². The van der Waals surface area contributed by atoms with Crippen LogP contribution in [0.3, 0.4) is 0 Å². The second-order valence-corrected chi connectivity index (χ2v) is 6.85. The van der Waals surface area contributed by atoms with Crippen molar-refractivity contribution in [3.05, 3.63) is 83.6 Å². The normalized spacial score (nSPS) is 12.9. The molecule has 6 heteroatoms. The molecule has 5 nitrogen and oxygen atoms in total. The van der Waals surface area contributed by atoms with E-state index in [2.05, 4.69) is 15.4 Å². The van der Waals surface area contributed by atoms with Crippen molar-refractivity contribution in [2.45, 2.75) is 19.3 Å². The monoisotopic (exact) mass is 372 g/mol. The van der Waals surface area contributed by atoms with Crippen molar-refractivity contribution in [1.29, 1.82) is 0 Å². The molecule has 2 aromatic carbocycles. The van der Waals surface area contributed by atoms with Crippen molar-refractivity contribution < 1.29 is 9.18 Å². The maximum Gasteiger partial charge on any atom is 0.276 e. The van der Waals surface area contributed by atoms with Gasteiger partial charge in [-0.15, -0.1) is 0 Å². The molecule has 2 aromatic heterocycles. The number of amides is 1. The molecular formula is C22H17FN4O. The van der Waals surface area contributed by atoms with E-state index in [4.69, 9.17) is 0 Å². The molecule has 0 bridgehead atoms. The molecule has 4 aromatic rings. The summed E-state index contributed by atoms with van der Waals surface area (Å²) in [7, 11) is 0. The van der Waals surface area contributed by atoms with E-state index in [1.807, 2.05) is 30.3 Å². The number of nitrogens with zero attached hydrogens (tertiary/aromatic N) is 3. The number of hydrogen-bond acceptors (Lipinski definition) is 3. The van der Waals surface area contributed by atoms with Crippen LogP contribution in [0.1, 0.15) is 28.2 Å². The molecule has 0 spiro atoms. The van der Waals surface area contributed by atoms with Gasteiger partial charge >= 0.3 is 0 Å². The van der Waals surface area contributed by atoms with E-state index in [0.717, 1.165) is 47.1 Å². The van der Waals surface area contributed by atoms with Gasteiger partial charge in [0.2, 0.25) is 0 Å². The Bertz CT molecular complexity index is 1190. The van der Waals surface area contributed by atoms with Crippen LogP contribution in [-0.4, -0.2) is 20.7 Å². The Morgan fingerprint density at radius 2 is 1.89 bits per heavy atom. The van der Waals surface area contributed by atoms with Crippen LogP contribution in [0.2, 0.25) is 0 Å². The largest absolute Gasteiger partial charge is 0.320 e. The summed E-state index contributed by atoms with van der Waals surface area (Å²) in [5, 5.41) is 8.45. The minimum Gasteiger partial charge on any atom is -0.320 e. The number of pyridine rings is 1. The SMILES string of the molecule is O=C(Nc1cccc2ncccc12)c1nn(-c2ccc(F)cc2)c2c1CCC2. The summed E-state index contributed by atoms with van der Waals surface area (Å²) in [6.45, 7) is 0. The van der Waals surface area contributed by atoms with Crippen molar-refractivity contribution in [1.82, 2.24) is 14.8 Å². The van der Waals surface area contributed by atoms with Crippen molar-refractivity contribution in [2.24, 2.45) is 0 Å². The highest BCUT2D eigenvalue weighted by molar-refractivity contribution is 6.08. The van der Waals surface area contributed by atoms with Crippen molar-refractivity contribution >= 4 is 22.5 Å². The first-order valence-electron chi connectivity index (χ1n) is 9.22. The summed E-state index contributed by atoms with van der Waals surface area (Å²) in [6.07, 6.45) is 4.37. The van der Waals surface area contributed by atoms with E-state index in [9.17, 15) is 9.18 Å². The third-order valence-electron chi connectivity index (χ3n) is 5.11. The Balaban J connectivity index is 1.53. The second kappa shape index (κ2) is 6.56. The van der Waals surface area contributed by atoms with Gasteiger partial charge in [0.1, 0.15) is 5.82 Å². The molecule has 138 valence electrons. The van der Waals surface area contributed by atoms with Crippen molar-refractivity contribution in [2.75, 3.05) is 5.32 Å². The first kappa shape index (κ1) is 16.6. The van der Waals surface area contributed by atoms with E-state index in [1.165, 1.54) is 12.1 Å². The van der Waals surface area contributed by atoms with Gasteiger partial charge in [-0.2, -0.15) is 5.10 Å². The average molecular weight is 372 g/mol. The predicted octanol–water partition coefficient (Wildman–Crippen LogP) is 4.30. The van der Waals surface area contributed by atoms with Crippen LogP contribution in [0.4, 0.5) is 10.1 Å². The Hall–Kier alpha value is -3.54. The Kier molecular flexibility index (Phi) is 3.90. The standard InChI is InChI=1S/C22H17FN4O/c23-14-9-11-15(12-10-14)27-20-8-1-4-17(20)21(26-27)22(28)25-19-7-2-6-18-16(19)5-3-13-24-18/h2-3,5-7,9-13H,1,4,8H2,(H,25,28). The highest BCUT2D eigenvalue weighted by Gasteiger charge is 2.27. The van der Waals surface area contributed by atoms with Crippen LogP contribution < -0.4 is 5.32 Å². The maximum atomic E-state index is 13.3. The third-order valence-corrected chi connectivity index (χ3v) is 5.11. The molecule has 1 N–H and O–H groups in total. The van der Waals surface area contributed by atoms with Gasteiger partial charge in [-0.25, -0.2) is 9.07 Å². The first-order valence-corrected chi connectivity index (χ1v) is 9.22. The van der Waals surface area contributed by atoms with Crippen LogP contribution in [-0.2, 0) is 12.8 Å². The Labute approximate surface area is 160 Å². The molecule has 0 saturated carbocycles. The quantitative estimate of drug-likeness (QED) is 0.583. The smallest absolute Gasteiger partial charge is 0.276 e. The molecule has 0 atom stereocenters. The lowest BCUT2D eigenvalue weighted by molar-refractivity contribution is 0.102. The Morgan fingerprint density at radius 1 is 1.04 bits per heavy atom. The number of fused-ring (bicyclic) bond motifs is 2. The molecule has 28 heavy (non-hydrogen) atoms. The van der Waals surface area contributed by atoms with Gasteiger partial charge < -0.3 is 5.32 Å². The van der Waals surface area contributed by atoms with Crippen molar-refractivity contribution in [3.8, 4) is 5.69 Å². The molecule has 0 aliphatic heterocycles. The third kappa shape index (κ3) is 2.74. The fourth-order valence-corrected chi connectivity index (χ4v) is 3.81. The number of aromatic nitrogens is 3. The van der Waals surface area contributed by atoms with Gasteiger partial charge in [0.25, 0.3) is 5.91 Å². The molecule has 1 aliphatic carbocycles. The summed E-state index contributed by atoms with van der Waals surface area (Å²) in [6, 6.07) is 15.6. The topological polar surface area (TPSA) is 59.8 Å². The number of hydrogen-bond donors (Lipinski definition) is 1. The van der Waals surface area contributed by atoms with Crippen LogP contribution in [0, 0.1) is 5.82 Å². The molecular weight excluding hydrogens is 355 g/mol. The molecule has 2 heterocycles. The zero-order valence-corrected chi connectivity index (χ0v) is 15.0. The van der Waals surface area contributed by atoms with Gasteiger partial charge in [-0.05, 0) is 67.8 Å². The Morgan fingerprint density at radius 3 is 2.75 bits per heavy atom. The number of carbonyl (C=O) groups is 1. The second-order valence-electron chi connectivity index (χ2n) is 6.85. The summed E-state index contributed by atoms with van der Waals surface area (Å²) in [5.41, 5.74) is 4.71. The maximum absolute atomic E-state index is 13.3. The molecule has 0 fully saturated rings.